The molecule has 2 heterocycles. The van der Waals surface area contributed by atoms with Crippen LogP contribution < -0.4 is 0 Å². The molecule has 2 unspecified atom stereocenters. The van der Waals surface area contributed by atoms with Crippen LogP contribution in [0, 0.1) is 5.92 Å². The second-order valence-corrected chi connectivity index (χ2v) is 6.64. The van der Waals surface area contributed by atoms with Crippen molar-refractivity contribution in [2.45, 2.75) is 57.5 Å². The zero-order valence-corrected chi connectivity index (χ0v) is 12.2. The van der Waals surface area contributed by atoms with E-state index in [1.165, 1.54) is 0 Å². The van der Waals surface area contributed by atoms with Crippen LogP contribution in [-0.2, 0) is 9.59 Å². The third-order valence-corrected chi connectivity index (χ3v) is 5.05. The Balaban J connectivity index is 2.03. The van der Waals surface area contributed by atoms with E-state index in [0.29, 0.717) is 32.2 Å². The van der Waals surface area contributed by atoms with Crippen molar-refractivity contribution in [3.8, 4) is 0 Å². The van der Waals surface area contributed by atoms with Gasteiger partial charge >= 0.3 is 0 Å². The molecule has 110 valence electrons. The Morgan fingerprint density at radius 1 is 1.20 bits per heavy atom. The molecule has 4 nitrogen and oxygen atoms in total. The second kappa shape index (κ2) is 4.99. The molecule has 1 aliphatic carbocycles. The van der Waals surface area contributed by atoms with Crippen LogP contribution in [0.4, 0.5) is 0 Å². The lowest BCUT2D eigenvalue weighted by Gasteiger charge is -2.25. The largest absolute Gasteiger partial charge is 0.378 e. The molecule has 2 aliphatic heterocycles. The first-order chi connectivity index (χ1) is 9.50. The standard InChI is InChI=1S/C16H23NO3/c1-11-8-12-10-14(18)16(20)5-3-7-17(15(19)9-11)6-2-4-13(12)16/h11,20H,2-10H2,1H3. The van der Waals surface area contributed by atoms with Crippen molar-refractivity contribution in [3.05, 3.63) is 11.1 Å². The first-order valence-electron chi connectivity index (χ1n) is 7.75. The van der Waals surface area contributed by atoms with Crippen LogP contribution in [0.3, 0.4) is 0 Å². The lowest BCUT2D eigenvalue weighted by molar-refractivity contribution is -0.133. The third kappa shape index (κ3) is 2.20. The van der Waals surface area contributed by atoms with Gasteiger partial charge in [-0.2, -0.15) is 0 Å². The molecule has 1 amide bonds. The SMILES string of the molecule is CC1CC(=O)N2CCCC3=C(CC(=O)C3(O)CCC2)C1. The number of carbonyl (C=O) groups is 2. The maximum Gasteiger partial charge on any atom is 0.222 e. The van der Waals surface area contributed by atoms with Crippen LogP contribution in [0.5, 0.6) is 0 Å². The number of nitrogens with zero attached hydrogens (tertiary/aromatic N) is 1. The van der Waals surface area contributed by atoms with E-state index in [1.807, 2.05) is 4.90 Å². The summed E-state index contributed by atoms with van der Waals surface area (Å²) in [6.07, 6.45) is 4.53. The van der Waals surface area contributed by atoms with E-state index in [1.54, 1.807) is 0 Å². The first kappa shape index (κ1) is 13.8. The van der Waals surface area contributed by atoms with Gasteiger partial charge in [-0.05, 0) is 43.6 Å². The Morgan fingerprint density at radius 2 is 1.95 bits per heavy atom. The molecular weight excluding hydrogens is 254 g/mol. The summed E-state index contributed by atoms with van der Waals surface area (Å²) >= 11 is 0. The molecule has 0 aromatic heterocycles. The van der Waals surface area contributed by atoms with Crippen LogP contribution in [-0.4, -0.2) is 40.4 Å². The predicted molar refractivity (Wildman–Crippen MR) is 75.0 cm³/mol. The lowest BCUT2D eigenvalue weighted by Crippen LogP contribution is -2.37. The van der Waals surface area contributed by atoms with Gasteiger partial charge in [-0.15, -0.1) is 0 Å². The maximum atomic E-state index is 12.3. The van der Waals surface area contributed by atoms with Crippen molar-refractivity contribution in [2.24, 2.45) is 5.92 Å². The molecule has 20 heavy (non-hydrogen) atoms. The molecule has 4 heteroatoms. The fourth-order valence-corrected chi connectivity index (χ4v) is 4.03. The summed E-state index contributed by atoms with van der Waals surface area (Å²) in [6, 6.07) is 0. The van der Waals surface area contributed by atoms with Gasteiger partial charge in [0.2, 0.25) is 5.91 Å². The molecule has 1 fully saturated rings. The van der Waals surface area contributed by atoms with Crippen LogP contribution >= 0.6 is 0 Å². The van der Waals surface area contributed by atoms with Crippen molar-refractivity contribution in [1.82, 2.24) is 4.90 Å². The van der Waals surface area contributed by atoms with E-state index in [0.717, 1.165) is 37.0 Å². The summed E-state index contributed by atoms with van der Waals surface area (Å²) in [4.78, 5) is 26.5. The molecule has 2 bridgehead atoms. The summed E-state index contributed by atoms with van der Waals surface area (Å²) < 4.78 is 0. The molecule has 0 spiro atoms. The summed E-state index contributed by atoms with van der Waals surface area (Å²) in [5.41, 5.74) is 0.886. The van der Waals surface area contributed by atoms with E-state index in [2.05, 4.69) is 6.92 Å². The third-order valence-electron chi connectivity index (χ3n) is 5.05. The average Bonchev–Trinajstić information content (AvgIpc) is 2.64. The van der Waals surface area contributed by atoms with Gasteiger partial charge in [0.05, 0.1) is 0 Å². The first-order valence-corrected chi connectivity index (χ1v) is 7.75. The van der Waals surface area contributed by atoms with Gasteiger partial charge in [0.1, 0.15) is 5.60 Å². The fourth-order valence-electron chi connectivity index (χ4n) is 4.03. The minimum atomic E-state index is -1.22. The van der Waals surface area contributed by atoms with Gasteiger partial charge in [-0.25, -0.2) is 0 Å². The number of rotatable bonds is 0. The number of fused-ring (bicyclic) bond motifs is 3. The van der Waals surface area contributed by atoms with Gasteiger partial charge < -0.3 is 10.0 Å². The predicted octanol–water partition coefficient (Wildman–Crippen LogP) is 1.82. The van der Waals surface area contributed by atoms with Gasteiger partial charge in [0.25, 0.3) is 0 Å². The molecule has 0 saturated carbocycles. The van der Waals surface area contributed by atoms with Crippen LogP contribution in [0.2, 0.25) is 0 Å². The van der Waals surface area contributed by atoms with E-state index in [9.17, 15) is 14.7 Å². The van der Waals surface area contributed by atoms with Crippen molar-refractivity contribution in [3.63, 3.8) is 0 Å². The maximum absolute atomic E-state index is 12.3. The molecule has 1 saturated heterocycles. The van der Waals surface area contributed by atoms with Crippen LogP contribution in [0.25, 0.3) is 0 Å². The van der Waals surface area contributed by atoms with E-state index < -0.39 is 5.60 Å². The molecule has 1 N–H and O–H groups in total. The van der Waals surface area contributed by atoms with Crippen molar-refractivity contribution < 1.29 is 14.7 Å². The lowest BCUT2D eigenvalue weighted by atomic mass is 9.86. The summed E-state index contributed by atoms with van der Waals surface area (Å²) in [5.74, 6) is 0.467. The highest BCUT2D eigenvalue weighted by atomic mass is 16.3. The zero-order chi connectivity index (χ0) is 14.3. The highest BCUT2D eigenvalue weighted by Crippen LogP contribution is 2.42. The number of aliphatic hydroxyl groups is 1. The van der Waals surface area contributed by atoms with Crippen molar-refractivity contribution >= 4 is 11.7 Å². The molecule has 0 aromatic carbocycles. The van der Waals surface area contributed by atoms with Gasteiger partial charge in [0.15, 0.2) is 5.78 Å². The summed E-state index contributed by atoms with van der Waals surface area (Å²) in [6.45, 7) is 3.50. The molecule has 3 rings (SSSR count). The van der Waals surface area contributed by atoms with E-state index >= 15 is 0 Å². The minimum absolute atomic E-state index is 0.0185. The molecule has 0 aromatic rings. The van der Waals surface area contributed by atoms with E-state index in [-0.39, 0.29) is 17.6 Å². The molecule has 0 radical (unpaired) electrons. The minimum Gasteiger partial charge on any atom is -0.378 e. The normalized spacial score (nSPS) is 35.3. The number of ketones is 1. The number of carbonyl (C=O) groups excluding carboxylic acids is 2. The Morgan fingerprint density at radius 3 is 2.75 bits per heavy atom. The fraction of sp³-hybridized carbons (Fsp3) is 0.750. The van der Waals surface area contributed by atoms with E-state index in [4.69, 9.17) is 0 Å². The molecule has 2 atom stereocenters. The number of amides is 1. The summed E-state index contributed by atoms with van der Waals surface area (Å²) in [7, 11) is 0. The van der Waals surface area contributed by atoms with Gasteiger partial charge in [-0.3, -0.25) is 9.59 Å². The topological polar surface area (TPSA) is 57.6 Å². The van der Waals surface area contributed by atoms with Crippen LogP contribution in [0.1, 0.15) is 51.9 Å². The Hall–Kier alpha value is -1.16. The second-order valence-electron chi connectivity index (χ2n) is 6.64. The average molecular weight is 277 g/mol. The highest BCUT2D eigenvalue weighted by molar-refractivity contribution is 5.96. The van der Waals surface area contributed by atoms with Gasteiger partial charge in [-0.1, -0.05) is 12.5 Å². The Kier molecular flexibility index (Phi) is 3.44. The monoisotopic (exact) mass is 277 g/mol. The quantitative estimate of drug-likeness (QED) is 0.687. The summed E-state index contributed by atoms with van der Waals surface area (Å²) in [5, 5.41) is 10.9. The number of Topliss-reactive ketones (excluding diaryl/α,β-unsaturated/α-hetero) is 1. The smallest absolute Gasteiger partial charge is 0.222 e. The Bertz CT molecular complexity index is 482. The van der Waals surface area contributed by atoms with Gasteiger partial charge in [0, 0.05) is 25.9 Å². The number of allylic oxidation sites excluding steroid dienone is 1. The Labute approximate surface area is 119 Å². The molecular formula is C16H23NO3. The van der Waals surface area contributed by atoms with Crippen molar-refractivity contribution in [1.29, 1.82) is 0 Å². The number of hydrogen-bond acceptors (Lipinski definition) is 3. The molecule has 3 aliphatic rings. The number of hydrogen-bond donors (Lipinski definition) is 1. The van der Waals surface area contributed by atoms with Crippen molar-refractivity contribution in [2.75, 3.05) is 13.1 Å². The zero-order valence-electron chi connectivity index (χ0n) is 12.2. The highest BCUT2D eigenvalue weighted by Gasteiger charge is 2.46. The van der Waals surface area contributed by atoms with Crippen LogP contribution in [0.15, 0.2) is 11.1 Å².